The molecule has 0 atom stereocenters. The lowest BCUT2D eigenvalue weighted by Gasteiger charge is -2.21. The molecule has 0 N–H and O–H groups in total. The summed E-state index contributed by atoms with van der Waals surface area (Å²) in [7, 11) is 0. The highest BCUT2D eigenvalue weighted by molar-refractivity contribution is 6.03. The van der Waals surface area contributed by atoms with E-state index in [1.54, 1.807) is 23.1 Å². The third-order valence-corrected chi connectivity index (χ3v) is 3.78. The zero-order valence-electron chi connectivity index (χ0n) is 13.7. The van der Waals surface area contributed by atoms with Crippen molar-refractivity contribution in [1.29, 1.82) is 0 Å². The van der Waals surface area contributed by atoms with Crippen molar-refractivity contribution in [3.8, 4) is 0 Å². The molecule has 3 aromatic carbocycles. The predicted molar refractivity (Wildman–Crippen MR) is 99.5 cm³/mol. The third-order valence-electron chi connectivity index (χ3n) is 3.78. The van der Waals surface area contributed by atoms with Crippen LogP contribution >= 0.6 is 0 Å². The fraction of sp³-hybridized carbons (Fsp3) is 0.0455. The topological polar surface area (TPSA) is 20.3 Å². The van der Waals surface area contributed by atoms with Gasteiger partial charge in [-0.1, -0.05) is 60.7 Å². The molecule has 0 radical (unpaired) electrons. The van der Waals surface area contributed by atoms with Crippen LogP contribution in [0.1, 0.15) is 11.1 Å². The Bertz CT molecular complexity index is 859. The zero-order chi connectivity index (χ0) is 17.5. The Labute approximate surface area is 146 Å². The number of anilines is 1. The average Bonchev–Trinajstić information content (AvgIpc) is 2.66. The molecular weight excluding hydrogens is 313 g/mol. The molecule has 0 unspecified atom stereocenters. The highest BCUT2D eigenvalue weighted by atomic mass is 19.1. The number of rotatable bonds is 5. The van der Waals surface area contributed by atoms with Crippen LogP contribution in [0.2, 0.25) is 0 Å². The van der Waals surface area contributed by atoms with Crippen LogP contribution in [-0.4, -0.2) is 5.91 Å². The lowest BCUT2D eigenvalue weighted by Crippen LogP contribution is -2.28. The molecule has 1 amide bonds. The summed E-state index contributed by atoms with van der Waals surface area (Å²) >= 11 is 0. The van der Waals surface area contributed by atoms with Gasteiger partial charge in [0, 0.05) is 11.8 Å². The van der Waals surface area contributed by atoms with Crippen molar-refractivity contribution in [2.24, 2.45) is 0 Å². The predicted octanol–water partition coefficient (Wildman–Crippen LogP) is 5.07. The van der Waals surface area contributed by atoms with Crippen molar-refractivity contribution in [3.05, 3.63) is 108 Å². The van der Waals surface area contributed by atoms with Gasteiger partial charge in [0.2, 0.25) is 0 Å². The molecule has 0 saturated carbocycles. The number of hydrogen-bond acceptors (Lipinski definition) is 1. The summed E-state index contributed by atoms with van der Waals surface area (Å²) in [5.74, 6) is -0.474. The molecule has 2 nitrogen and oxygen atoms in total. The second-order valence-electron chi connectivity index (χ2n) is 5.63. The van der Waals surface area contributed by atoms with E-state index >= 15 is 0 Å². The molecular formula is C22H18FNO. The lowest BCUT2D eigenvalue weighted by molar-refractivity contribution is -0.114. The van der Waals surface area contributed by atoms with Crippen molar-refractivity contribution < 1.29 is 9.18 Å². The molecule has 3 rings (SSSR count). The number of nitrogens with zero attached hydrogens (tertiary/aromatic N) is 1. The van der Waals surface area contributed by atoms with Crippen molar-refractivity contribution in [2.45, 2.75) is 6.54 Å². The van der Waals surface area contributed by atoms with Gasteiger partial charge in [-0.2, -0.15) is 0 Å². The number of benzene rings is 3. The molecule has 124 valence electrons. The molecule has 0 aromatic heterocycles. The third kappa shape index (κ3) is 4.64. The van der Waals surface area contributed by atoms with Crippen molar-refractivity contribution in [2.75, 3.05) is 4.90 Å². The van der Waals surface area contributed by atoms with E-state index in [0.29, 0.717) is 12.1 Å². The maximum absolute atomic E-state index is 13.3. The van der Waals surface area contributed by atoms with Crippen LogP contribution in [0.15, 0.2) is 91.0 Å². The van der Waals surface area contributed by atoms with Crippen molar-refractivity contribution in [1.82, 2.24) is 0 Å². The van der Waals surface area contributed by atoms with Gasteiger partial charge in [0.1, 0.15) is 5.82 Å². The second kappa shape index (κ2) is 8.06. The number of carbonyl (C=O) groups is 1. The van der Waals surface area contributed by atoms with Crippen molar-refractivity contribution in [3.63, 3.8) is 0 Å². The molecule has 0 heterocycles. The molecule has 3 heteroatoms. The summed E-state index contributed by atoms with van der Waals surface area (Å²) in [4.78, 5) is 14.5. The first-order valence-electron chi connectivity index (χ1n) is 8.06. The number of amides is 1. The summed E-state index contributed by atoms with van der Waals surface area (Å²) < 4.78 is 13.3. The molecule has 25 heavy (non-hydrogen) atoms. The Morgan fingerprint density at radius 2 is 1.56 bits per heavy atom. The minimum Gasteiger partial charge on any atom is -0.304 e. The van der Waals surface area contributed by atoms with Crippen LogP contribution in [0.3, 0.4) is 0 Å². The smallest absolute Gasteiger partial charge is 0.251 e. The highest BCUT2D eigenvalue weighted by Gasteiger charge is 2.13. The fourth-order valence-corrected chi connectivity index (χ4v) is 2.54. The van der Waals surface area contributed by atoms with Gasteiger partial charge in [0.05, 0.1) is 6.54 Å². The SMILES string of the molecule is O=C(/C=C/c1cccc(F)c1)N(Cc1ccccc1)c1ccccc1. The van der Waals surface area contributed by atoms with E-state index < -0.39 is 0 Å². The summed E-state index contributed by atoms with van der Waals surface area (Å²) in [6, 6.07) is 25.5. The fourth-order valence-electron chi connectivity index (χ4n) is 2.54. The maximum atomic E-state index is 13.3. The Morgan fingerprint density at radius 1 is 0.880 bits per heavy atom. The number of para-hydroxylation sites is 1. The molecule has 0 saturated heterocycles. The first kappa shape index (κ1) is 16.7. The standard InChI is InChI=1S/C22H18FNO/c23-20-11-7-10-18(16-20)14-15-22(25)24(21-12-5-2-6-13-21)17-19-8-3-1-4-9-19/h1-16H,17H2/b15-14+. The number of carbonyl (C=O) groups excluding carboxylic acids is 1. The van der Waals surface area contributed by atoms with Gasteiger partial charge in [0.15, 0.2) is 0 Å². The lowest BCUT2D eigenvalue weighted by atomic mass is 10.1. The first-order chi connectivity index (χ1) is 12.2. The molecule has 3 aromatic rings. The first-order valence-corrected chi connectivity index (χ1v) is 8.06. The summed E-state index contributed by atoms with van der Waals surface area (Å²) in [6.07, 6.45) is 3.11. The molecule has 0 bridgehead atoms. The van der Waals surface area contributed by atoms with E-state index in [1.165, 1.54) is 18.2 Å². The van der Waals surface area contributed by atoms with E-state index in [0.717, 1.165) is 11.3 Å². The van der Waals surface area contributed by atoms with Gasteiger partial charge in [-0.25, -0.2) is 4.39 Å². The van der Waals surface area contributed by atoms with E-state index in [1.807, 2.05) is 60.7 Å². The summed E-state index contributed by atoms with van der Waals surface area (Å²) in [5.41, 5.74) is 2.51. The van der Waals surface area contributed by atoms with Gasteiger partial charge < -0.3 is 4.90 Å². The summed E-state index contributed by atoms with van der Waals surface area (Å²) in [6.45, 7) is 0.469. The van der Waals surface area contributed by atoms with Gasteiger partial charge in [-0.05, 0) is 41.5 Å². The summed E-state index contributed by atoms with van der Waals surface area (Å²) in [5, 5.41) is 0. The Hall–Kier alpha value is -3.20. The monoisotopic (exact) mass is 331 g/mol. The van der Waals surface area contributed by atoms with E-state index in [-0.39, 0.29) is 11.7 Å². The Kier molecular flexibility index (Phi) is 5.37. The van der Waals surface area contributed by atoms with E-state index in [9.17, 15) is 9.18 Å². The van der Waals surface area contributed by atoms with Crippen LogP contribution in [0.25, 0.3) is 6.08 Å². The molecule has 0 fully saturated rings. The normalized spacial score (nSPS) is 10.8. The van der Waals surface area contributed by atoms with Crippen LogP contribution < -0.4 is 4.90 Å². The molecule has 0 aliphatic rings. The minimum absolute atomic E-state index is 0.153. The van der Waals surface area contributed by atoms with Crippen LogP contribution in [0, 0.1) is 5.82 Å². The van der Waals surface area contributed by atoms with Crippen molar-refractivity contribution >= 4 is 17.7 Å². The quantitative estimate of drug-likeness (QED) is 0.598. The Balaban J connectivity index is 1.84. The number of hydrogen-bond donors (Lipinski definition) is 0. The Morgan fingerprint density at radius 3 is 2.24 bits per heavy atom. The maximum Gasteiger partial charge on any atom is 0.251 e. The largest absolute Gasteiger partial charge is 0.304 e. The zero-order valence-corrected chi connectivity index (χ0v) is 13.7. The van der Waals surface area contributed by atoms with E-state index in [4.69, 9.17) is 0 Å². The van der Waals surface area contributed by atoms with Gasteiger partial charge >= 0.3 is 0 Å². The van der Waals surface area contributed by atoms with Crippen LogP contribution in [0.5, 0.6) is 0 Å². The van der Waals surface area contributed by atoms with Crippen LogP contribution in [0.4, 0.5) is 10.1 Å². The number of halogens is 1. The molecule has 0 spiro atoms. The van der Waals surface area contributed by atoms with Crippen LogP contribution in [-0.2, 0) is 11.3 Å². The molecule has 0 aliphatic carbocycles. The molecule has 0 aliphatic heterocycles. The minimum atomic E-state index is -0.321. The highest BCUT2D eigenvalue weighted by Crippen LogP contribution is 2.18. The van der Waals surface area contributed by atoms with E-state index in [2.05, 4.69) is 0 Å². The van der Waals surface area contributed by atoms with Gasteiger partial charge in [-0.3, -0.25) is 4.79 Å². The van der Waals surface area contributed by atoms with Gasteiger partial charge in [0.25, 0.3) is 5.91 Å². The second-order valence-corrected chi connectivity index (χ2v) is 5.63. The van der Waals surface area contributed by atoms with Gasteiger partial charge in [-0.15, -0.1) is 0 Å². The average molecular weight is 331 g/mol.